The first-order chi connectivity index (χ1) is 14.7. The number of anilines is 1. The highest BCUT2D eigenvalue weighted by Crippen LogP contribution is 2.21. The van der Waals surface area contributed by atoms with Crippen LogP contribution in [0.15, 0.2) is 54.6 Å². The van der Waals surface area contributed by atoms with E-state index in [4.69, 9.17) is 4.74 Å². The van der Waals surface area contributed by atoms with Crippen molar-refractivity contribution >= 4 is 17.5 Å². The fourth-order valence-electron chi connectivity index (χ4n) is 4.08. The molecule has 2 aromatic carbocycles. The summed E-state index contributed by atoms with van der Waals surface area (Å²) in [6.45, 7) is 5.40. The summed E-state index contributed by atoms with van der Waals surface area (Å²) < 4.78 is 5.40. The number of hydrogen-bond donors (Lipinski definition) is 1. The minimum absolute atomic E-state index is 0.0622. The van der Waals surface area contributed by atoms with E-state index in [9.17, 15) is 9.59 Å². The molecular weight excluding hydrogens is 378 g/mol. The van der Waals surface area contributed by atoms with Gasteiger partial charge in [0, 0.05) is 44.8 Å². The maximum Gasteiger partial charge on any atom is 0.229 e. The average Bonchev–Trinajstić information content (AvgIpc) is 3.15. The number of rotatable bonds is 7. The van der Waals surface area contributed by atoms with Crippen molar-refractivity contribution in [2.45, 2.75) is 19.4 Å². The Morgan fingerprint density at radius 2 is 1.80 bits per heavy atom. The summed E-state index contributed by atoms with van der Waals surface area (Å²) in [6, 6.07) is 18.1. The van der Waals surface area contributed by atoms with Gasteiger partial charge in [-0.25, -0.2) is 0 Å². The number of hydrogen-bond acceptors (Lipinski definition) is 4. The Morgan fingerprint density at radius 3 is 2.60 bits per heavy atom. The molecule has 0 saturated carbocycles. The molecule has 158 valence electrons. The van der Waals surface area contributed by atoms with Gasteiger partial charge in [-0.15, -0.1) is 0 Å². The van der Waals surface area contributed by atoms with Gasteiger partial charge in [0.1, 0.15) is 0 Å². The largest absolute Gasteiger partial charge is 0.379 e. The number of carbonyl (C=O) groups is 2. The van der Waals surface area contributed by atoms with Crippen molar-refractivity contribution in [3.8, 4) is 0 Å². The van der Waals surface area contributed by atoms with Gasteiger partial charge in [0.15, 0.2) is 0 Å². The van der Waals surface area contributed by atoms with E-state index in [1.54, 1.807) is 0 Å². The second kappa shape index (κ2) is 9.87. The molecule has 0 spiro atoms. The zero-order valence-corrected chi connectivity index (χ0v) is 17.3. The fraction of sp³-hybridized carbons (Fsp3) is 0.417. The van der Waals surface area contributed by atoms with Crippen LogP contribution >= 0.6 is 0 Å². The third-order valence-electron chi connectivity index (χ3n) is 5.80. The molecule has 6 heteroatoms. The van der Waals surface area contributed by atoms with E-state index in [1.807, 2.05) is 41.3 Å². The van der Waals surface area contributed by atoms with Crippen molar-refractivity contribution in [2.24, 2.45) is 5.92 Å². The molecule has 2 fully saturated rings. The molecule has 2 heterocycles. The summed E-state index contributed by atoms with van der Waals surface area (Å²) in [6.07, 6.45) is 1.10. The zero-order valence-electron chi connectivity index (χ0n) is 17.3. The van der Waals surface area contributed by atoms with Gasteiger partial charge < -0.3 is 15.0 Å². The molecule has 0 radical (unpaired) electrons. The molecule has 2 aliphatic rings. The molecule has 0 aliphatic carbocycles. The van der Waals surface area contributed by atoms with E-state index in [-0.39, 0.29) is 24.2 Å². The molecule has 1 unspecified atom stereocenters. The molecule has 30 heavy (non-hydrogen) atoms. The predicted octanol–water partition coefficient (Wildman–Crippen LogP) is 2.55. The van der Waals surface area contributed by atoms with Crippen LogP contribution in [-0.2, 0) is 27.3 Å². The normalized spacial score (nSPS) is 19.8. The number of amides is 2. The number of ether oxygens (including phenoxy) is 1. The first-order valence-electron chi connectivity index (χ1n) is 10.7. The summed E-state index contributed by atoms with van der Waals surface area (Å²) >= 11 is 0. The average molecular weight is 408 g/mol. The lowest BCUT2D eigenvalue weighted by atomic mass is 10.1. The van der Waals surface area contributed by atoms with Crippen molar-refractivity contribution in [2.75, 3.05) is 44.7 Å². The van der Waals surface area contributed by atoms with E-state index < -0.39 is 0 Å². The summed E-state index contributed by atoms with van der Waals surface area (Å²) in [7, 11) is 0. The topological polar surface area (TPSA) is 61.9 Å². The third-order valence-corrected chi connectivity index (χ3v) is 5.80. The van der Waals surface area contributed by atoms with Crippen LogP contribution in [0, 0.1) is 5.92 Å². The number of benzene rings is 2. The number of likely N-dealkylation sites (tertiary alicyclic amines) is 1. The van der Waals surface area contributed by atoms with Gasteiger partial charge in [-0.2, -0.15) is 0 Å². The second-order valence-electron chi connectivity index (χ2n) is 8.05. The first-order valence-corrected chi connectivity index (χ1v) is 10.7. The summed E-state index contributed by atoms with van der Waals surface area (Å²) in [4.78, 5) is 29.3. The smallest absolute Gasteiger partial charge is 0.229 e. The lowest BCUT2D eigenvalue weighted by Gasteiger charge is -2.26. The first kappa shape index (κ1) is 20.6. The van der Waals surface area contributed by atoms with Crippen molar-refractivity contribution in [3.05, 3.63) is 65.7 Å². The Kier molecular flexibility index (Phi) is 6.77. The van der Waals surface area contributed by atoms with Crippen LogP contribution in [0.4, 0.5) is 5.69 Å². The highest BCUT2D eigenvalue weighted by atomic mass is 16.5. The highest BCUT2D eigenvalue weighted by Gasteiger charge is 2.34. The molecule has 2 aliphatic heterocycles. The molecule has 6 nitrogen and oxygen atoms in total. The number of carbonyl (C=O) groups excluding carboxylic acids is 2. The Balaban J connectivity index is 1.29. The van der Waals surface area contributed by atoms with Crippen LogP contribution < -0.4 is 5.32 Å². The Hall–Kier alpha value is -2.70. The molecule has 1 atom stereocenters. The van der Waals surface area contributed by atoms with E-state index in [0.717, 1.165) is 45.0 Å². The minimum Gasteiger partial charge on any atom is -0.379 e. The fourth-order valence-corrected chi connectivity index (χ4v) is 4.08. The molecule has 2 aromatic rings. The highest BCUT2D eigenvalue weighted by molar-refractivity contribution is 5.97. The van der Waals surface area contributed by atoms with Gasteiger partial charge in [-0.1, -0.05) is 42.5 Å². The van der Waals surface area contributed by atoms with E-state index in [2.05, 4.69) is 28.4 Å². The quantitative estimate of drug-likeness (QED) is 0.766. The van der Waals surface area contributed by atoms with Crippen LogP contribution in [-0.4, -0.2) is 61.0 Å². The van der Waals surface area contributed by atoms with E-state index in [1.165, 1.54) is 11.1 Å². The summed E-state index contributed by atoms with van der Waals surface area (Å²) in [5, 5.41) is 3.02. The summed E-state index contributed by atoms with van der Waals surface area (Å²) in [5.74, 6) is -0.308. The van der Waals surface area contributed by atoms with Crippen LogP contribution in [0.5, 0.6) is 0 Å². The van der Waals surface area contributed by atoms with Gasteiger partial charge in [-0.3, -0.25) is 14.5 Å². The van der Waals surface area contributed by atoms with Crippen LogP contribution in [0.2, 0.25) is 0 Å². The predicted molar refractivity (Wildman–Crippen MR) is 116 cm³/mol. The lowest BCUT2D eigenvalue weighted by Crippen LogP contribution is -2.35. The molecule has 2 amide bonds. The molecule has 0 bridgehead atoms. The van der Waals surface area contributed by atoms with Crippen molar-refractivity contribution in [3.63, 3.8) is 0 Å². The molecule has 2 saturated heterocycles. The van der Waals surface area contributed by atoms with Crippen LogP contribution in [0.3, 0.4) is 0 Å². The monoisotopic (exact) mass is 407 g/mol. The molecule has 1 N–H and O–H groups in total. The molecule has 4 rings (SSSR count). The molecule has 0 aromatic heterocycles. The van der Waals surface area contributed by atoms with Crippen LogP contribution in [0.1, 0.15) is 17.5 Å². The maximum atomic E-state index is 12.8. The van der Waals surface area contributed by atoms with Crippen LogP contribution in [0.25, 0.3) is 0 Å². The van der Waals surface area contributed by atoms with Crippen molar-refractivity contribution in [1.82, 2.24) is 9.80 Å². The van der Waals surface area contributed by atoms with Crippen molar-refractivity contribution in [1.29, 1.82) is 0 Å². The Bertz CT molecular complexity index is 865. The number of nitrogens with one attached hydrogen (secondary N) is 1. The Morgan fingerprint density at radius 1 is 1.03 bits per heavy atom. The van der Waals surface area contributed by atoms with Gasteiger partial charge in [-0.05, 0) is 29.7 Å². The van der Waals surface area contributed by atoms with Crippen molar-refractivity contribution < 1.29 is 14.3 Å². The maximum absolute atomic E-state index is 12.8. The third kappa shape index (κ3) is 5.46. The minimum atomic E-state index is -0.295. The van der Waals surface area contributed by atoms with Gasteiger partial charge in [0.2, 0.25) is 11.8 Å². The Labute approximate surface area is 177 Å². The van der Waals surface area contributed by atoms with Gasteiger partial charge in [0.05, 0.1) is 19.1 Å². The summed E-state index contributed by atoms with van der Waals surface area (Å²) in [5.41, 5.74) is 3.16. The SMILES string of the molecule is O=C(Nc1cccc(CN2CCOCC2)c1)C1CC(=O)N(CCc2ccccc2)C1. The molecular formula is C24H29N3O3. The lowest BCUT2D eigenvalue weighted by molar-refractivity contribution is -0.128. The van der Waals surface area contributed by atoms with Gasteiger partial charge in [0.25, 0.3) is 0 Å². The zero-order chi connectivity index (χ0) is 20.8. The number of nitrogens with zero attached hydrogens (tertiary/aromatic N) is 2. The van der Waals surface area contributed by atoms with Gasteiger partial charge >= 0.3 is 0 Å². The van der Waals surface area contributed by atoms with E-state index in [0.29, 0.717) is 13.1 Å². The number of morpholine rings is 1. The van der Waals surface area contributed by atoms with E-state index >= 15 is 0 Å². The standard InChI is InChI=1S/C24H29N3O3/c28-23-16-21(18-27(23)10-9-19-5-2-1-3-6-19)24(29)25-22-8-4-7-20(15-22)17-26-11-13-30-14-12-26/h1-8,15,21H,9-14,16-18H2,(H,25,29). The second-order valence-corrected chi connectivity index (χ2v) is 8.05.